The second kappa shape index (κ2) is 4.94. The molecule has 0 saturated carbocycles. The van der Waals surface area contributed by atoms with Crippen LogP contribution in [0.2, 0.25) is 0 Å². The van der Waals surface area contributed by atoms with Gasteiger partial charge < -0.3 is 15.4 Å². The molecule has 0 aromatic carbocycles. The standard InChI is InChI=1S/C8H15N3O2/c1-2-3-7-10-8(13-11-7)6(9)4-5-12/h6,12H,2-5,9H2,1H3. The number of aryl methyl sites for hydroxylation is 1. The first-order valence-electron chi connectivity index (χ1n) is 4.46. The third-order valence-corrected chi connectivity index (χ3v) is 1.71. The molecule has 0 radical (unpaired) electrons. The second-order valence-corrected chi connectivity index (χ2v) is 2.92. The normalized spacial score (nSPS) is 13.2. The number of aliphatic hydroxyl groups is 1. The Labute approximate surface area is 76.9 Å². The van der Waals surface area contributed by atoms with Gasteiger partial charge in [-0.2, -0.15) is 4.98 Å². The molecule has 5 nitrogen and oxygen atoms in total. The van der Waals surface area contributed by atoms with Crippen molar-refractivity contribution in [2.24, 2.45) is 5.73 Å². The molecule has 0 spiro atoms. The van der Waals surface area contributed by atoms with Crippen LogP contribution in [0.4, 0.5) is 0 Å². The molecule has 1 aromatic heterocycles. The maximum absolute atomic E-state index is 8.64. The molecule has 13 heavy (non-hydrogen) atoms. The van der Waals surface area contributed by atoms with E-state index in [0.29, 0.717) is 18.1 Å². The van der Waals surface area contributed by atoms with E-state index in [-0.39, 0.29) is 12.6 Å². The van der Waals surface area contributed by atoms with Crippen molar-refractivity contribution in [2.75, 3.05) is 6.61 Å². The number of hydrogen-bond acceptors (Lipinski definition) is 5. The van der Waals surface area contributed by atoms with Crippen molar-refractivity contribution in [1.29, 1.82) is 0 Å². The molecule has 0 bridgehead atoms. The predicted octanol–water partition coefficient (Wildman–Crippen LogP) is 0.404. The van der Waals surface area contributed by atoms with Crippen LogP contribution >= 0.6 is 0 Å². The Morgan fingerprint density at radius 2 is 2.38 bits per heavy atom. The van der Waals surface area contributed by atoms with Gasteiger partial charge >= 0.3 is 0 Å². The Morgan fingerprint density at radius 3 is 3.00 bits per heavy atom. The molecule has 1 rings (SSSR count). The van der Waals surface area contributed by atoms with Gasteiger partial charge in [0.05, 0.1) is 6.04 Å². The first kappa shape index (κ1) is 10.1. The average Bonchev–Trinajstić information content (AvgIpc) is 2.54. The summed E-state index contributed by atoms with van der Waals surface area (Å²) in [5.74, 6) is 1.10. The Morgan fingerprint density at radius 1 is 1.62 bits per heavy atom. The number of nitrogens with two attached hydrogens (primary N) is 1. The summed E-state index contributed by atoms with van der Waals surface area (Å²) in [5, 5.41) is 12.4. The lowest BCUT2D eigenvalue weighted by Crippen LogP contribution is -2.12. The van der Waals surface area contributed by atoms with E-state index < -0.39 is 0 Å². The van der Waals surface area contributed by atoms with E-state index in [1.165, 1.54) is 0 Å². The highest BCUT2D eigenvalue weighted by atomic mass is 16.5. The molecule has 0 amide bonds. The summed E-state index contributed by atoms with van der Waals surface area (Å²) in [4.78, 5) is 4.10. The third kappa shape index (κ3) is 2.78. The fraction of sp³-hybridized carbons (Fsp3) is 0.750. The van der Waals surface area contributed by atoms with Crippen LogP contribution in [-0.2, 0) is 6.42 Å². The molecule has 0 aliphatic rings. The smallest absolute Gasteiger partial charge is 0.243 e. The van der Waals surface area contributed by atoms with E-state index in [1.807, 2.05) is 6.92 Å². The van der Waals surface area contributed by atoms with Crippen LogP contribution in [0.5, 0.6) is 0 Å². The van der Waals surface area contributed by atoms with Crippen LogP contribution in [0.15, 0.2) is 4.52 Å². The Bertz CT molecular complexity index is 249. The predicted molar refractivity (Wildman–Crippen MR) is 46.9 cm³/mol. The van der Waals surface area contributed by atoms with Crippen LogP contribution in [0.1, 0.15) is 37.5 Å². The summed E-state index contributed by atoms with van der Waals surface area (Å²) in [6.07, 6.45) is 2.23. The van der Waals surface area contributed by atoms with E-state index in [9.17, 15) is 0 Å². The molecular formula is C8H15N3O2. The van der Waals surface area contributed by atoms with Crippen molar-refractivity contribution < 1.29 is 9.63 Å². The van der Waals surface area contributed by atoms with Crippen LogP contribution < -0.4 is 5.73 Å². The number of nitrogens with zero attached hydrogens (tertiary/aromatic N) is 2. The SMILES string of the molecule is CCCc1noc(C(N)CCO)n1. The van der Waals surface area contributed by atoms with Crippen molar-refractivity contribution in [3.63, 3.8) is 0 Å². The van der Waals surface area contributed by atoms with E-state index >= 15 is 0 Å². The van der Waals surface area contributed by atoms with E-state index in [1.54, 1.807) is 0 Å². The first-order valence-corrected chi connectivity index (χ1v) is 4.46. The summed E-state index contributed by atoms with van der Waals surface area (Å²) in [6, 6.07) is -0.344. The number of rotatable bonds is 5. The van der Waals surface area contributed by atoms with Gasteiger partial charge in [-0.1, -0.05) is 12.1 Å². The van der Waals surface area contributed by atoms with Crippen molar-refractivity contribution >= 4 is 0 Å². The van der Waals surface area contributed by atoms with Gasteiger partial charge in [-0.15, -0.1) is 0 Å². The molecule has 1 aromatic rings. The monoisotopic (exact) mass is 185 g/mol. The van der Waals surface area contributed by atoms with Crippen molar-refractivity contribution in [3.05, 3.63) is 11.7 Å². The van der Waals surface area contributed by atoms with Gasteiger partial charge in [0, 0.05) is 13.0 Å². The maximum Gasteiger partial charge on any atom is 0.243 e. The zero-order chi connectivity index (χ0) is 9.68. The fourth-order valence-electron chi connectivity index (χ4n) is 1.01. The van der Waals surface area contributed by atoms with Crippen molar-refractivity contribution in [3.8, 4) is 0 Å². The summed E-state index contributed by atoms with van der Waals surface area (Å²) >= 11 is 0. The van der Waals surface area contributed by atoms with Gasteiger partial charge in [0.15, 0.2) is 5.82 Å². The van der Waals surface area contributed by atoms with Gasteiger partial charge in [-0.3, -0.25) is 0 Å². The van der Waals surface area contributed by atoms with Gasteiger partial charge in [0.25, 0.3) is 0 Å². The van der Waals surface area contributed by atoms with Gasteiger partial charge in [0.1, 0.15) is 0 Å². The molecule has 0 aliphatic carbocycles. The number of aliphatic hydroxyl groups excluding tert-OH is 1. The van der Waals surface area contributed by atoms with Crippen LogP contribution in [0, 0.1) is 0 Å². The Kier molecular flexibility index (Phi) is 3.85. The highest BCUT2D eigenvalue weighted by Crippen LogP contribution is 2.11. The molecule has 3 N–H and O–H groups in total. The van der Waals surface area contributed by atoms with Crippen molar-refractivity contribution in [1.82, 2.24) is 10.1 Å². The first-order chi connectivity index (χ1) is 6.27. The van der Waals surface area contributed by atoms with E-state index in [2.05, 4.69) is 10.1 Å². The molecular weight excluding hydrogens is 170 g/mol. The molecule has 74 valence electrons. The minimum atomic E-state index is -0.344. The summed E-state index contributed by atoms with van der Waals surface area (Å²) in [6.45, 7) is 2.08. The van der Waals surface area contributed by atoms with Gasteiger partial charge in [-0.25, -0.2) is 0 Å². The minimum Gasteiger partial charge on any atom is -0.396 e. The van der Waals surface area contributed by atoms with Crippen LogP contribution in [-0.4, -0.2) is 21.9 Å². The molecule has 1 heterocycles. The lowest BCUT2D eigenvalue weighted by atomic mass is 10.2. The minimum absolute atomic E-state index is 0.0344. The van der Waals surface area contributed by atoms with E-state index in [0.717, 1.165) is 12.8 Å². The summed E-state index contributed by atoms with van der Waals surface area (Å²) < 4.78 is 4.93. The largest absolute Gasteiger partial charge is 0.396 e. The van der Waals surface area contributed by atoms with E-state index in [4.69, 9.17) is 15.4 Å². The molecule has 0 fully saturated rings. The fourth-order valence-corrected chi connectivity index (χ4v) is 1.01. The lowest BCUT2D eigenvalue weighted by Gasteiger charge is -2.01. The third-order valence-electron chi connectivity index (χ3n) is 1.71. The Hall–Kier alpha value is -0.940. The van der Waals surface area contributed by atoms with Gasteiger partial charge in [-0.05, 0) is 12.8 Å². The highest BCUT2D eigenvalue weighted by molar-refractivity contribution is 4.91. The molecule has 0 saturated heterocycles. The molecule has 1 unspecified atom stereocenters. The topological polar surface area (TPSA) is 85.2 Å². The zero-order valence-corrected chi connectivity index (χ0v) is 7.73. The average molecular weight is 185 g/mol. The summed E-state index contributed by atoms with van der Waals surface area (Å²) in [5.41, 5.74) is 5.66. The highest BCUT2D eigenvalue weighted by Gasteiger charge is 2.13. The molecule has 1 atom stereocenters. The second-order valence-electron chi connectivity index (χ2n) is 2.92. The lowest BCUT2D eigenvalue weighted by molar-refractivity contribution is 0.259. The van der Waals surface area contributed by atoms with Crippen molar-refractivity contribution in [2.45, 2.75) is 32.2 Å². The quantitative estimate of drug-likeness (QED) is 0.693. The molecule has 5 heteroatoms. The maximum atomic E-state index is 8.64. The number of aromatic nitrogens is 2. The zero-order valence-electron chi connectivity index (χ0n) is 7.73. The Balaban J connectivity index is 2.56. The number of hydrogen-bond donors (Lipinski definition) is 2. The summed E-state index contributed by atoms with van der Waals surface area (Å²) in [7, 11) is 0. The van der Waals surface area contributed by atoms with Crippen LogP contribution in [0.25, 0.3) is 0 Å². The van der Waals surface area contributed by atoms with Gasteiger partial charge in [0.2, 0.25) is 5.89 Å². The molecule has 0 aliphatic heterocycles. The van der Waals surface area contributed by atoms with Crippen LogP contribution in [0.3, 0.4) is 0 Å².